The summed E-state index contributed by atoms with van der Waals surface area (Å²) in [6.45, 7) is 10.0. The second kappa shape index (κ2) is 7.28. The van der Waals surface area contributed by atoms with Crippen molar-refractivity contribution < 1.29 is 4.74 Å². The molecule has 0 saturated carbocycles. The molecule has 1 heterocycles. The van der Waals surface area contributed by atoms with Crippen LogP contribution in [0.4, 0.5) is 5.69 Å². The van der Waals surface area contributed by atoms with Crippen molar-refractivity contribution in [3.8, 4) is 0 Å². The van der Waals surface area contributed by atoms with Gasteiger partial charge in [-0.15, -0.1) is 0 Å². The van der Waals surface area contributed by atoms with Gasteiger partial charge in [-0.2, -0.15) is 0 Å². The number of hydrogen-bond donors (Lipinski definition) is 1. The van der Waals surface area contributed by atoms with E-state index in [4.69, 9.17) is 4.74 Å². The summed E-state index contributed by atoms with van der Waals surface area (Å²) in [5.74, 6) is 0. The Morgan fingerprint density at radius 2 is 1.90 bits per heavy atom. The molecule has 3 heteroatoms. The maximum atomic E-state index is 5.54. The summed E-state index contributed by atoms with van der Waals surface area (Å²) in [5.41, 5.74) is 2.58. The average molecular weight is 290 g/mol. The molecule has 21 heavy (non-hydrogen) atoms. The fourth-order valence-corrected chi connectivity index (χ4v) is 3.12. The molecular formula is C18H30N2O. The Labute approximate surface area is 129 Å². The zero-order valence-corrected chi connectivity index (χ0v) is 14.0. The zero-order chi connectivity index (χ0) is 15.3. The molecule has 0 aliphatic carbocycles. The molecule has 1 aliphatic heterocycles. The van der Waals surface area contributed by atoms with Crippen LogP contribution in [0.5, 0.6) is 0 Å². The van der Waals surface area contributed by atoms with E-state index in [9.17, 15) is 0 Å². The van der Waals surface area contributed by atoms with Crippen LogP contribution in [0.1, 0.15) is 45.6 Å². The first-order chi connectivity index (χ1) is 10.00. The van der Waals surface area contributed by atoms with Crippen molar-refractivity contribution >= 4 is 5.69 Å². The van der Waals surface area contributed by atoms with Gasteiger partial charge < -0.3 is 10.1 Å². The lowest BCUT2D eigenvalue weighted by atomic mass is 9.99. The van der Waals surface area contributed by atoms with Gasteiger partial charge in [0, 0.05) is 25.4 Å². The Morgan fingerprint density at radius 3 is 2.57 bits per heavy atom. The van der Waals surface area contributed by atoms with Gasteiger partial charge in [0.1, 0.15) is 0 Å². The third-order valence-corrected chi connectivity index (χ3v) is 4.36. The number of ether oxygens (including phenoxy) is 1. The number of methoxy groups -OCH3 is 1. The Balaban J connectivity index is 1.98. The van der Waals surface area contributed by atoms with Crippen molar-refractivity contribution in [2.45, 2.75) is 58.2 Å². The molecule has 0 spiro atoms. The molecule has 1 aromatic rings. The summed E-state index contributed by atoms with van der Waals surface area (Å²) < 4.78 is 5.54. The lowest BCUT2D eigenvalue weighted by Gasteiger charge is -2.28. The lowest BCUT2D eigenvalue weighted by molar-refractivity contribution is 0.0128. The predicted molar refractivity (Wildman–Crippen MR) is 89.7 cm³/mol. The fourth-order valence-electron chi connectivity index (χ4n) is 3.12. The van der Waals surface area contributed by atoms with E-state index in [1.807, 2.05) is 0 Å². The van der Waals surface area contributed by atoms with E-state index in [-0.39, 0.29) is 5.60 Å². The largest absolute Gasteiger partial charge is 0.382 e. The van der Waals surface area contributed by atoms with Crippen LogP contribution in [0.25, 0.3) is 0 Å². The molecule has 118 valence electrons. The molecule has 0 radical (unpaired) electrons. The fraction of sp³-hybridized carbons (Fsp3) is 0.667. The van der Waals surface area contributed by atoms with Gasteiger partial charge in [0.15, 0.2) is 0 Å². The highest BCUT2D eigenvalue weighted by Crippen LogP contribution is 2.23. The average Bonchev–Trinajstić information content (AvgIpc) is 2.93. The first-order valence-electron chi connectivity index (χ1n) is 8.12. The van der Waals surface area contributed by atoms with Crippen LogP contribution in [0, 0.1) is 0 Å². The van der Waals surface area contributed by atoms with E-state index in [1.165, 1.54) is 37.2 Å². The zero-order valence-electron chi connectivity index (χ0n) is 14.0. The quantitative estimate of drug-likeness (QED) is 0.824. The summed E-state index contributed by atoms with van der Waals surface area (Å²) in [5, 5.41) is 3.67. The number of likely N-dealkylation sites (tertiary alicyclic amines) is 1. The molecule has 0 aromatic heterocycles. The highest BCUT2D eigenvalue weighted by Gasteiger charge is 2.21. The van der Waals surface area contributed by atoms with Crippen LogP contribution < -0.4 is 5.32 Å². The number of benzene rings is 1. The Morgan fingerprint density at radius 1 is 1.24 bits per heavy atom. The predicted octanol–water partition coefficient (Wildman–Crippen LogP) is 3.90. The molecule has 1 unspecified atom stereocenters. The summed E-state index contributed by atoms with van der Waals surface area (Å²) in [6.07, 6.45) is 3.67. The number of rotatable bonds is 7. The van der Waals surface area contributed by atoms with E-state index in [2.05, 4.69) is 55.3 Å². The van der Waals surface area contributed by atoms with Gasteiger partial charge in [0.25, 0.3) is 0 Å². The van der Waals surface area contributed by atoms with E-state index in [0.717, 1.165) is 13.0 Å². The maximum Gasteiger partial charge on any atom is 0.0642 e. The maximum absolute atomic E-state index is 5.54. The molecular weight excluding hydrogens is 260 g/mol. The molecule has 1 aliphatic rings. The van der Waals surface area contributed by atoms with Crippen LogP contribution in [0.2, 0.25) is 0 Å². The number of nitrogens with zero attached hydrogens (tertiary/aromatic N) is 1. The van der Waals surface area contributed by atoms with Gasteiger partial charge in [-0.1, -0.05) is 18.2 Å². The summed E-state index contributed by atoms with van der Waals surface area (Å²) >= 11 is 0. The van der Waals surface area contributed by atoms with E-state index in [0.29, 0.717) is 6.04 Å². The summed E-state index contributed by atoms with van der Waals surface area (Å²) in [4.78, 5) is 2.55. The number of nitrogens with one attached hydrogen (secondary N) is 1. The van der Waals surface area contributed by atoms with Gasteiger partial charge in [0.05, 0.1) is 5.60 Å². The molecule has 1 saturated heterocycles. The smallest absolute Gasteiger partial charge is 0.0642 e. The van der Waals surface area contributed by atoms with Crippen LogP contribution in [-0.2, 0) is 11.3 Å². The minimum absolute atomic E-state index is 0.0870. The minimum atomic E-state index is -0.0870. The molecule has 1 fully saturated rings. The number of hydrogen-bond acceptors (Lipinski definition) is 3. The van der Waals surface area contributed by atoms with Crippen molar-refractivity contribution in [2.24, 2.45) is 0 Å². The van der Waals surface area contributed by atoms with Crippen molar-refractivity contribution in [1.29, 1.82) is 0 Å². The normalized spacial score (nSPS) is 17.9. The first kappa shape index (κ1) is 16.3. The SMILES string of the molecule is COC(C)(C)CC(C)Nc1ccccc1CN1CCCC1. The van der Waals surface area contributed by atoms with Crippen molar-refractivity contribution in [1.82, 2.24) is 4.90 Å². The summed E-state index contributed by atoms with van der Waals surface area (Å²) in [6, 6.07) is 9.08. The van der Waals surface area contributed by atoms with Crippen molar-refractivity contribution in [2.75, 3.05) is 25.5 Å². The monoisotopic (exact) mass is 290 g/mol. The Bertz CT molecular complexity index is 439. The first-order valence-corrected chi connectivity index (χ1v) is 8.12. The third kappa shape index (κ3) is 5.01. The highest BCUT2D eigenvalue weighted by atomic mass is 16.5. The lowest BCUT2D eigenvalue weighted by Crippen LogP contribution is -2.31. The number of anilines is 1. The molecule has 2 rings (SSSR count). The van der Waals surface area contributed by atoms with E-state index in [1.54, 1.807) is 7.11 Å². The second-order valence-corrected chi connectivity index (χ2v) is 6.85. The molecule has 3 nitrogen and oxygen atoms in total. The third-order valence-electron chi connectivity index (χ3n) is 4.36. The van der Waals surface area contributed by atoms with Crippen LogP contribution in [0.15, 0.2) is 24.3 Å². The second-order valence-electron chi connectivity index (χ2n) is 6.85. The topological polar surface area (TPSA) is 24.5 Å². The van der Waals surface area contributed by atoms with Crippen LogP contribution in [0.3, 0.4) is 0 Å². The minimum Gasteiger partial charge on any atom is -0.382 e. The van der Waals surface area contributed by atoms with Crippen LogP contribution in [-0.4, -0.2) is 36.7 Å². The Kier molecular flexibility index (Phi) is 5.65. The number of para-hydroxylation sites is 1. The van der Waals surface area contributed by atoms with E-state index >= 15 is 0 Å². The Hall–Kier alpha value is -1.06. The van der Waals surface area contributed by atoms with E-state index < -0.39 is 0 Å². The standard InChI is InChI=1S/C18H30N2O/c1-15(13-18(2,3)21-4)19-17-10-6-5-9-16(17)14-20-11-7-8-12-20/h5-6,9-10,15,19H,7-8,11-14H2,1-4H3. The van der Waals surface area contributed by atoms with Gasteiger partial charge in [-0.05, 0) is 64.8 Å². The van der Waals surface area contributed by atoms with Gasteiger partial charge in [-0.25, -0.2) is 0 Å². The molecule has 1 aromatic carbocycles. The van der Waals surface area contributed by atoms with Crippen molar-refractivity contribution in [3.05, 3.63) is 29.8 Å². The highest BCUT2D eigenvalue weighted by molar-refractivity contribution is 5.51. The van der Waals surface area contributed by atoms with Crippen LogP contribution >= 0.6 is 0 Å². The molecule has 1 N–H and O–H groups in total. The van der Waals surface area contributed by atoms with Crippen molar-refractivity contribution in [3.63, 3.8) is 0 Å². The molecule has 0 bridgehead atoms. The molecule has 1 atom stereocenters. The van der Waals surface area contributed by atoms with Gasteiger partial charge in [-0.3, -0.25) is 4.90 Å². The summed E-state index contributed by atoms with van der Waals surface area (Å²) in [7, 11) is 1.79. The molecule has 0 amide bonds. The van der Waals surface area contributed by atoms with Gasteiger partial charge in [0.2, 0.25) is 0 Å². The van der Waals surface area contributed by atoms with Gasteiger partial charge >= 0.3 is 0 Å².